The van der Waals surface area contributed by atoms with Crippen LogP contribution < -0.4 is 5.32 Å². The van der Waals surface area contributed by atoms with Crippen LogP contribution in [0.15, 0.2) is 48.8 Å². The van der Waals surface area contributed by atoms with Crippen molar-refractivity contribution in [3.05, 3.63) is 65.8 Å². The number of hydrogen-bond acceptors (Lipinski definition) is 4. The fraction of sp³-hybridized carbons (Fsp3) is 0.158. The Morgan fingerprint density at radius 1 is 1.35 bits per heavy atom. The minimum absolute atomic E-state index is 0.0480. The molecule has 0 saturated carbocycles. The van der Waals surface area contributed by atoms with Crippen molar-refractivity contribution in [2.24, 2.45) is 0 Å². The van der Waals surface area contributed by atoms with Gasteiger partial charge in [0.2, 0.25) is 0 Å². The van der Waals surface area contributed by atoms with Crippen LogP contribution in [0.3, 0.4) is 0 Å². The van der Waals surface area contributed by atoms with Gasteiger partial charge in [-0.25, -0.2) is 0 Å². The maximum atomic E-state index is 12.7. The number of carbonyl (C=O) groups excluding carboxylic acids is 2. The van der Waals surface area contributed by atoms with E-state index in [2.05, 4.69) is 16.9 Å². The molecule has 1 N–H and O–H groups in total. The standard InChI is InChI=1S/C19H18N4O2S/c1-4-8-22-18(25)16(17(24)21-19(22)26)10-14-9-12(2)23(13(14)3)15-6-5-7-20-11-15/h4-7,9-11H,1,8H2,2-3H3,(H,21,24,26)/b16-10-. The highest BCUT2D eigenvalue weighted by Gasteiger charge is 2.32. The van der Waals surface area contributed by atoms with Crippen LogP contribution in [-0.4, -0.2) is 37.9 Å². The zero-order valence-corrected chi connectivity index (χ0v) is 15.3. The number of thiocarbonyl (C=S) groups is 1. The summed E-state index contributed by atoms with van der Waals surface area (Å²) in [4.78, 5) is 30.4. The fourth-order valence-electron chi connectivity index (χ4n) is 2.96. The molecule has 7 heteroatoms. The zero-order chi connectivity index (χ0) is 18.8. The van der Waals surface area contributed by atoms with Gasteiger partial charge in [0.25, 0.3) is 11.8 Å². The van der Waals surface area contributed by atoms with E-state index >= 15 is 0 Å². The Hall–Kier alpha value is -3.06. The average molecular weight is 366 g/mol. The highest BCUT2D eigenvalue weighted by molar-refractivity contribution is 7.80. The molecule has 0 unspecified atom stereocenters. The lowest BCUT2D eigenvalue weighted by molar-refractivity contribution is -0.128. The molecule has 6 nitrogen and oxygen atoms in total. The number of amides is 2. The van der Waals surface area contributed by atoms with Crippen molar-refractivity contribution in [2.45, 2.75) is 13.8 Å². The predicted octanol–water partition coefficient (Wildman–Crippen LogP) is 2.30. The quantitative estimate of drug-likeness (QED) is 0.390. The molecule has 0 aliphatic carbocycles. The smallest absolute Gasteiger partial charge is 0.265 e. The third-order valence-electron chi connectivity index (χ3n) is 4.17. The molecule has 1 fully saturated rings. The van der Waals surface area contributed by atoms with Crippen LogP contribution in [0, 0.1) is 13.8 Å². The van der Waals surface area contributed by atoms with Crippen molar-refractivity contribution in [1.82, 2.24) is 19.8 Å². The number of nitrogens with one attached hydrogen (secondary N) is 1. The van der Waals surface area contributed by atoms with E-state index in [0.29, 0.717) is 0 Å². The fourth-order valence-corrected chi connectivity index (χ4v) is 3.21. The number of hydrogen-bond donors (Lipinski definition) is 1. The maximum Gasteiger partial charge on any atom is 0.265 e. The average Bonchev–Trinajstić information content (AvgIpc) is 2.89. The van der Waals surface area contributed by atoms with Crippen LogP contribution in [0.1, 0.15) is 17.0 Å². The first-order chi connectivity index (χ1) is 12.4. The summed E-state index contributed by atoms with van der Waals surface area (Å²) in [5.41, 5.74) is 3.64. The van der Waals surface area contributed by atoms with Gasteiger partial charge in [-0.1, -0.05) is 6.08 Å². The summed E-state index contributed by atoms with van der Waals surface area (Å²) in [6.07, 6.45) is 6.64. The van der Waals surface area contributed by atoms with Gasteiger partial charge in [-0.15, -0.1) is 6.58 Å². The van der Waals surface area contributed by atoms with Crippen molar-refractivity contribution in [2.75, 3.05) is 6.54 Å². The summed E-state index contributed by atoms with van der Waals surface area (Å²) in [6.45, 7) is 7.76. The first kappa shape index (κ1) is 17.8. The summed E-state index contributed by atoms with van der Waals surface area (Å²) in [5, 5.41) is 2.65. The number of nitrogens with zero attached hydrogens (tertiary/aromatic N) is 3. The normalized spacial score (nSPS) is 16.2. The Labute approximate surface area is 156 Å². The van der Waals surface area contributed by atoms with E-state index in [-0.39, 0.29) is 17.2 Å². The zero-order valence-electron chi connectivity index (χ0n) is 14.5. The molecule has 3 rings (SSSR count). The summed E-state index contributed by atoms with van der Waals surface area (Å²) >= 11 is 5.07. The van der Waals surface area contributed by atoms with Crippen molar-refractivity contribution < 1.29 is 9.59 Å². The van der Waals surface area contributed by atoms with Crippen molar-refractivity contribution >= 4 is 35.2 Å². The van der Waals surface area contributed by atoms with Crippen LogP contribution in [0.4, 0.5) is 0 Å². The molecule has 0 aromatic carbocycles. The molecule has 3 heterocycles. The molecular weight excluding hydrogens is 348 g/mol. The molecule has 2 aromatic heterocycles. The van der Waals surface area contributed by atoms with Gasteiger partial charge in [-0.3, -0.25) is 24.8 Å². The van der Waals surface area contributed by atoms with E-state index in [1.807, 2.05) is 36.6 Å². The second-order valence-corrected chi connectivity index (χ2v) is 6.28. The van der Waals surface area contributed by atoms with Crippen LogP contribution in [0.25, 0.3) is 11.8 Å². The third kappa shape index (κ3) is 3.09. The Morgan fingerprint density at radius 3 is 2.77 bits per heavy atom. The van der Waals surface area contributed by atoms with Gasteiger partial charge in [0.05, 0.1) is 11.9 Å². The maximum absolute atomic E-state index is 12.7. The third-order valence-corrected chi connectivity index (χ3v) is 4.49. The summed E-state index contributed by atoms with van der Waals surface area (Å²) in [7, 11) is 0. The molecule has 0 bridgehead atoms. The van der Waals surface area contributed by atoms with E-state index in [9.17, 15) is 9.59 Å². The molecule has 1 aliphatic heterocycles. The van der Waals surface area contributed by atoms with Gasteiger partial charge in [0.1, 0.15) is 5.57 Å². The highest BCUT2D eigenvalue weighted by Crippen LogP contribution is 2.23. The summed E-state index contributed by atoms with van der Waals surface area (Å²) in [6, 6.07) is 5.74. The largest absolute Gasteiger partial charge is 0.316 e. The molecular formula is C19H18N4O2S. The summed E-state index contributed by atoms with van der Waals surface area (Å²) in [5.74, 6) is -0.920. The van der Waals surface area contributed by atoms with Gasteiger partial charge >= 0.3 is 0 Å². The molecule has 0 atom stereocenters. The van der Waals surface area contributed by atoms with E-state index in [1.165, 1.54) is 4.90 Å². The molecule has 0 spiro atoms. The van der Waals surface area contributed by atoms with Gasteiger partial charge in [0, 0.05) is 24.1 Å². The predicted molar refractivity (Wildman–Crippen MR) is 104 cm³/mol. The molecule has 1 saturated heterocycles. The lowest BCUT2D eigenvalue weighted by Crippen LogP contribution is -2.53. The van der Waals surface area contributed by atoms with Gasteiger partial charge < -0.3 is 4.57 Å². The Morgan fingerprint density at radius 2 is 2.12 bits per heavy atom. The number of aromatic nitrogens is 2. The Kier molecular flexibility index (Phi) is 4.81. The van der Waals surface area contributed by atoms with Crippen molar-refractivity contribution in [3.8, 4) is 5.69 Å². The first-order valence-electron chi connectivity index (χ1n) is 8.03. The number of aryl methyl sites for hydroxylation is 1. The molecule has 26 heavy (non-hydrogen) atoms. The number of carbonyl (C=O) groups is 2. The molecule has 2 amide bonds. The lowest BCUT2D eigenvalue weighted by Gasteiger charge is -2.27. The minimum Gasteiger partial charge on any atom is -0.316 e. The minimum atomic E-state index is -0.494. The topological polar surface area (TPSA) is 67.2 Å². The van der Waals surface area contributed by atoms with Gasteiger partial charge in [-0.05, 0) is 55.9 Å². The van der Waals surface area contributed by atoms with E-state index in [1.54, 1.807) is 24.5 Å². The van der Waals surface area contributed by atoms with Gasteiger partial charge in [0.15, 0.2) is 5.11 Å². The van der Waals surface area contributed by atoms with Gasteiger partial charge in [-0.2, -0.15) is 0 Å². The lowest BCUT2D eigenvalue weighted by atomic mass is 10.1. The second-order valence-electron chi connectivity index (χ2n) is 5.89. The monoisotopic (exact) mass is 366 g/mol. The molecule has 0 radical (unpaired) electrons. The first-order valence-corrected chi connectivity index (χ1v) is 8.44. The number of rotatable bonds is 4. The SMILES string of the molecule is C=CCN1C(=O)/C(=C\c2cc(C)n(-c3cccnc3)c2C)C(=O)NC1=S. The van der Waals surface area contributed by atoms with E-state index in [4.69, 9.17) is 12.2 Å². The Balaban J connectivity index is 2.05. The summed E-state index contributed by atoms with van der Waals surface area (Å²) < 4.78 is 2.02. The highest BCUT2D eigenvalue weighted by atomic mass is 32.1. The number of pyridine rings is 1. The van der Waals surface area contributed by atoms with Crippen molar-refractivity contribution in [1.29, 1.82) is 0 Å². The van der Waals surface area contributed by atoms with E-state index in [0.717, 1.165) is 22.6 Å². The van der Waals surface area contributed by atoms with Crippen LogP contribution in [-0.2, 0) is 9.59 Å². The Bertz CT molecular complexity index is 944. The molecule has 2 aromatic rings. The van der Waals surface area contributed by atoms with Crippen LogP contribution in [0.2, 0.25) is 0 Å². The molecule has 1 aliphatic rings. The van der Waals surface area contributed by atoms with Crippen LogP contribution in [0.5, 0.6) is 0 Å². The van der Waals surface area contributed by atoms with Crippen molar-refractivity contribution in [3.63, 3.8) is 0 Å². The molecule has 132 valence electrons. The van der Waals surface area contributed by atoms with Crippen LogP contribution >= 0.6 is 12.2 Å². The van der Waals surface area contributed by atoms with E-state index < -0.39 is 11.8 Å². The second kappa shape index (κ2) is 7.05.